The van der Waals surface area contributed by atoms with Crippen molar-refractivity contribution < 1.29 is 42.8 Å². The molecular weight excluding hydrogens is 621 g/mol. The first-order chi connectivity index (χ1) is 14.8. The Labute approximate surface area is 196 Å². The van der Waals surface area contributed by atoms with Gasteiger partial charge in [-0.1, -0.05) is 48.0 Å². The molecule has 0 amide bonds. The topological polar surface area (TPSA) is 96.3 Å². The van der Waals surface area contributed by atoms with Gasteiger partial charge in [0.1, 0.15) is 23.5 Å². The summed E-state index contributed by atoms with van der Waals surface area (Å²) in [6.45, 7) is 0. The van der Waals surface area contributed by atoms with E-state index < -0.39 is 27.0 Å². The molecule has 4 rings (SSSR count). The molecule has 0 bridgehead atoms. The van der Waals surface area contributed by atoms with Crippen LogP contribution in [-0.2, 0) is 31.2 Å². The third kappa shape index (κ3) is 5.04. The van der Waals surface area contributed by atoms with Crippen LogP contribution in [0.15, 0.2) is 77.8 Å². The van der Waals surface area contributed by atoms with Crippen molar-refractivity contribution in [1.82, 2.24) is 15.0 Å². The third-order valence-electron chi connectivity index (χ3n) is 4.18. The average Bonchev–Trinajstić information content (AvgIpc) is 2.75. The van der Waals surface area contributed by atoms with E-state index in [4.69, 9.17) is 0 Å². The number of aromatic nitrogens is 3. The van der Waals surface area contributed by atoms with E-state index in [9.17, 15) is 21.8 Å². The summed E-state index contributed by atoms with van der Waals surface area (Å²) in [6, 6.07) is 21.0. The molecule has 0 fully saturated rings. The second-order valence-corrected chi connectivity index (χ2v) is 7.62. The molecule has 3 heterocycles. The maximum absolute atomic E-state index is 14.2. The standard InChI is InChI=1S/C21H13F2N4O3S.Pt/c22-17-13-12-15(21(23)25-17)16-8-4-9-18(24-16)27(14-6-2-1-3-7-14)19-10-5-11-20(26-19)31(28,29)30;/h1-11,13H,(H,28,29,30);/q-1;. The van der Waals surface area contributed by atoms with Gasteiger partial charge < -0.3 is 0 Å². The van der Waals surface area contributed by atoms with Crippen LogP contribution in [0.2, 0.25) is 0 Å². The van der Waals surface area contributed by atoms with Gasteiger partial charge in [0.2, 0.25) is 0 Å². The van der Waals surface area contributed by atoms with Crippen LogP contribution < -0.4 is 4.90 Å². The zero-order valence-electron chi connectivity index (χ0n) is 16.0. The molecule has 0 saturated carbocycles. The van der Waals surface area contributed by atoms with Crippen molar-refractivity contribution >= 4 is 27.4 Å². The number of nitrogens with zero attached hydrogens (tertiary/aromatic N) is 4. The number of para-hydroxylation sites is 1. The van der Waals surface area contributed by atoms with Crippen LogP contribution in [0, 0.1) is 18.0 Å². The van der Waals surface area contributed by atoms with Gasteiger partial charge in [-0.15, -0.1) is 6.07 Å². The number of anilines is 3. The van der Waals surface area contributed by atoms with Crippen LogP contribution in [0.25, 0.3) is 11.3 Å². The molecule has 1 aromatic carbocycles. The molecule has 32 heavy (non-hydrogen) atoms. The van der Waals surface area contributed by atoms with Gasteiger partial charge in [0.25, 0.3) is 0 Å². The smallest absolute Gasteiger partial charge is 0.291 e. The Bertz CT molecular complexity index is 1360. The molecule has 0 atom stereocenters. The molecule has 3 aromatic heterocycles. The van der Waals surface area contributed by atoms with Crippen molar-refractivity contribution in [3.63, 3.8) is 0 Å². The minimum Gasteiger partial charge on any atom is -0.291 e. The van der Waals surface area contributed by atoms with Crippen molar-refractivity contribution in [2.45, 2.75) is 5.03 Å². The van der Waals surface area contributed by atoms with Crippen molar-refractivity contribution in [2.75, 3.05) is 4.90 Å². The molecule has 166 valence electrons. The normalized spacial score (nSPS) is 11.0. The van der Waals surface area contributed by atoms with Gasteiger partial charge in [0.15, 0.2) is 5.03 Å². The first-order valence-electron chi connectivity index (χ1n) is 8.84. The Morgan fingerprint density at radius 1 is 0.844 bits per heavy atom. The first-order valence-corrected chi connectivity index (χ1v) is 10.3. The predicted molar refractivity (Wildman–Crippen MR) is 109 cm³/mol. The summed E-state index contributed by atoms with van der Waals surface area (Å²) in [7, 11) is -4.54. The summed E-state index contributed by atoms with van der Waals surface area (Å²) < 4.78 is 59.8. The molecule has 0 unspecified atom stereocenters. The Hall–Kier alpha value is -3.07. The van der Waals surface area contributed by atoms with Gasteiger partial charge in [-0.2, -0.15) is 8.42 Å². The molecule has 4 aromatic rings. The van der Waals surface area contributed by atoms with Gasteiger partial charge in [0, 0.05) is 26.8 Å². The van der Waals surface area contributed by atoms with E-state index in [0.717, 1.165) is 12.1 Å². The number of pyridine rings is 3. The van der Waals surface area contributed by atoms with E-state index in [-0.39, 0.29) is 44.0 Å². The first kappa shape index (κ1) is 23.6. The molecule has 1 N–H and O–H groups in total. The Balaban J connectivity index is 0.00000289. The quantitative estimate of drug-likeness (QED) is 0.199. The molecule has 0 saturated heterocycles. The monoisotopic (exact) mass is 634 g/mol. The van der Waals surface area contributed by atoms with E-state index in [1.807, 2.05) is 0 Å². The van der Waals surface area contributed by atoms with Crippen LogP contribution in [0.4, 0.5) is 26.1 Å². The molecule has 7 nitrogen and oxygen atoms in total. The second-order valence-electron chi connectivity index (χ2n) is 6.25. The molecule has 0 aliphatic carbocycles. The predicted octanol–water partition coefficient (Wildman–Crippen LogP) is 4.33. The summed E-state index contributed by atoms with van der Waals surface area (Å²) >= 11 is 0. The summed E-state index contributed by atoms with van der Waals surface area (Å²) in [6.07, 6.45) is 0. The molecule has 0 spiro atoms. The van der Waals surface area contributed by atoms with E-state index >= 15 is 0 Å². The number of benzene rings is 1. The minimum atomic E-state index is -4.54. The maximum atomic E-state index is 14.2. The van der Waals surface area contributed by atoms with Crippen LogP contribution in [0.5, 0.6) is 0 Å². The Morgan fingerprint density at radius 2 is 1.50 bits per heavy atom. The van der Waals surface area contributed by atoms with Gasteiger partial charge in [-0.3, -0.25) is 19.4 Å². The zero-order chi connectivity index (χ0) is 22.0. The SMILES string of the molecule is O=S(=O)(O)c1cccc(N(c2ccccc2)c2cccc(-c3[c-]cc(F)nc3F)n2)n1.[Pt]. The largest absolute Gasteiger partial charge is 0.312 e. The van der Waals surface area contributed by atoms with Crippen molar-refractivity contribution in [3.05, 3.63) is 90.8 Å². The number of halogens is 2. The molecular formula is C21H13F2N4O3PtS-. The maximum Gasteiger partial charge on any atom is 0.312 e. The fourth-order valence-electron chi connectivity index (χ4n) is 2.87. The summed E-state index contributed by atoms with van der Waals surface area (Å²) in [5, 5.41) is -0.538. The van der Waals surface area contributed by atoms with Gasteiger partial charge in [-0.05, 0) is 36.0 Å². The van der Waals surface area contributed by atoms with Gasteiger partial charge in [0.05, 0.1) is 0 Å². The van der Waals surface area contributed by atoms with Gasteiger partial charge >= 0.3 is 10.1 Å². The number of hydrogen-bond donors (Lipinski definition) is 1. The van der Waals surface area contributed by atoms with Gasteiger partial charge in [-0.25, -0.2) is 13.8 Å². The molecule has 0 radical (unpaired) electrons. The molecule has 0 aliphatic rings. The van der Waals surface area contributed by atoms with Crippen LogP contribution in [-0.4, -0.2) is 27.9 Å². The van der Waals surface area contributed by atoms with E-state index in [2.05, 4.69) is 21.0 Å². The fourth-order valence-corrected chi connectivity index (χ4v) is 3.33. The van der Waals surface area contributed by atoms with Crippen molar-refractivity contribution in [1.29, 1.82) is 0 Å². The minimum absolute atomic E-state index is 0. The van der Waals surface area contributed by atoms with Crippen LogP contribution >= 0.6 is 0 Å². The Kier molecular flexibility index (Phi) is 7.08. The number of rotatable bonds is 5. The summed E-state index contributed by atoms with van der Waals surface area (Å²) in [5.74, 6) is -1.66. The second kappa shape index (κ2) is 9.60. The Morgan fingerprint density at radius 3 is 2.16 bits per heavy atom. The third-order valence-corrected chi connectivity index (χ3v) is 4.94. The van der Waals surface area contributed by atoms with Crippen LogP contribution in [0.1, 0.15) is 0 Å². The van der Waals surface area contributed by atoms with Crippen molar-refractivity contribution in [2.24, 2.45) is 0 Å². The van der Waals surface area contributed by atoms with E-state index in [1.54, 1.807) is 42.5 Å². The average molecular weight is 635 g/mol. The number of hydrogen-bond acceptors (Lipinski definition) is 6. The molecule has 0 aliphatic heterocycles. The zero-order valence-corrected chi connectivity index (χ0v) is 19.0. The summed E-state index contributed by atoms with van der Waals surface area (Å²) in [4.78, 5) is 13.1. The van der Waals surface area contributed by atoms with Crippen molar-refractivity contribution in [3.8, 4) is 11.3 Å². The van der Waals surface area contributed by atoms with Crippen LogP contribution in [0.3, 0.4) is 0 Å². The fraction of sp³-hybridized carbons (Fsp3) is 0. The molecule has 11 heteroatoms. The summed E-state index contributed by atoms with van der Waals surface area (Å²) in [5.41, 5.74) is 0.582. The van der Waals surface area contributed by atoms with E-state index in [1.165, 1.54) is 23.1 Å². The van der Waals surface area contributed by atoms with E-state index in [0.29, 0.717) is 5.69 Å².